The van der Waals surface area contributed by atoms with Crippen LogP contribution in [0.2, 0.25) is 0 Å². The van der Waals surface area contributed by atoms with Gasteiger partial charge in [0.2, 0.25) is 5.91 Å². The van der Waals surface area contributed by atoms with Gasteiger partial charge in [0.15, 0.2) is 9.84 Å². The highest BCUT2D eigenvalue weighted by Gasteiger charge is 2.35. The van der Waals surface area contributed by atoms with Gasteiger partial charge in [-0.1, -0.05) is 6.42 Å². The average Bonchev–Trinajstić information content (AvgIpc) is 2.84. The van der Waals surface area contributed by atoms with Crippen molar-refractivity contribution < 1.29 is 18.3 Å². The molecule has 0 aromatic carbocycles. The first-order valence-electron chi connectivity index (χ1n) is 6.13. The minimum absolute atomic E-state index is 0.0185. The zero-order valence-electron chi connectivity index (χ0n) is 9.76. The third-order valence-electron chi connectivity index (χ3n) is 3.82. The number of hydrogen-bond donors (Lipinski definition) is 2. The molecule has 1 aliphatic heterocycles. The summed E-state index contributed by atoms with van der Waals surface area (Å²) < 4.78 is 22.6. The Morgan fingerprint density at radius 1 is 1.29 bits per heavy atom. The molecule has 2 fully saturated rings. The zero-order chi connectivity index (χ0) is 12.5. The molecule has 0 aromatic heterocycles. The van der Waals surface area contributed by atoms with Crippen LogP contribution in [0.3, 0.4) is 0 Å². The lowest BCUT2D eigenvalue weighted by Gasteiger charge is -2.20. The monoisotopic (exact) mass is 261 g/mol. The van der Waals surface area contributed by atoms with E-state index in [1.54, 1.807) is 0 Å². The van der Waals surface area contributed by atoms with E-state index >= 15 is 0 Å². The second-order valence-corrected chi connectivity index (χ2v) is 7.32. The summed E-state index contributed by atoms with van der Waals surface area (Å²) in [5, 5.41) is 12.0. The summed E-state index contributed by atoms with van der Waals surface area (Å²) in [7, 11) is -3.00. The maximum atomic E-state index is 11.9. The van der Waals surface area contributed by atoms with Crippen LogP contribution in [0.5, 0.6) is 0 Å². The van der Waals surface area contributed by atoms with Crippen LogP contribution in [0.15, 0.2) is 0 Å². The van der Waals surface area contributed by atoms with Crippen molar-refractivity contribution >= 4 is 15.7 Å². The molecule has 6 heteroatoms. The number of sulfone groups is 1. The summed E-state index contributed by atoms with van der Waals surface area (Å²) in [5.41, 5.74) is 0. The molecule has 2 N–H and O–H groups in total. The second kappa shape index (κ2) is 4.94. The van der Waals surface area contributed by atoms with E-state index in [1.165, 1.54) is 0 Å². The topological polar surface area (TPSA) is 83.5 Å². The molecule has 98 valence electrons. The lowest BCUT2D eigenvalue weighted by atomic mass is 10.0. The first-order chi connectivity index (χ1) is 8.02. The fraction of sp³-hybridized carbons (Fsp3) is 0.909. The summed E-state index contributed by atoms with van der Waals surface area (Å²) in [6.07, 6.45) is 3.27. The predicted molar refractivity (Wildman–Crippen MR) is 63.1 cm³/mol. The molecule has 0 radical (unpaired) electrons. The van der Waals surface area contributed by atoms with E-state index in [4.69, 9.17) is 5.11 Å². The van der Waals surface area contributed by atoms with Gasteiger partial charge in [-0.3, -0.25) is 4.79 Å². The van der Waals surface area contributed by atoms with E-state index in [1.807, 2.05) is 0 Å². The molecule has 3 unspecified atom stereocenters. The largest absolute Gasteiger partial charge is 0.396 e. The molecule has 3 atom stereocenters. The molecule has 5 nitrogen and oxygen atoms in total. The fourth-order valence-corrected chi connectivity index (χ4v) is 4.49. The number of rotatable bonds is 3. The Balaban J connectivity index is 1.89. The lowest BCUT2D eigenvalue weighted by molar-refractivity contribution is -0.125. The molecule has 0 bridgehead atoms. The summed E-state index contributed by atoms with van der Waals surface area (Å²) >= 11 is 0. The normalized spacial score (nSPS) is 35.9. The van der Waals surface area contributed by atoms with Crippen LogP contribution in [0.1, 0.15) is 25.7 Å². The zero-order valence-corrected chi connectivity index (χ0v) is 10.6. The van der Waals surface area contributed by atoms with Gasteiger partial charge in [0.25, 0.3) is 0 Å². The van der Waals surface area contributed by atoms with Gasteiger partial charge in [-0.15, -0.1) is 0 Å². The maximum Gasteiger partial charge on any atom is 0.224 e. The Hall–Kier alpha value is -0.620. The SMILES string of the molecule is O=C(NC1CCCC1CO)C1CCS(=O)(=O)C1. The maximum absolute atomic E-state index is 11.9. The van der Waals surface area contributed by atoms with Crippen LogP contribution < -0.4 is 5.32 Å². The summed E-state index contributed by atoms with van der Waals surface area (Å²) in [6, 6.07) is 0.0239. The van der Waals surface area contributed by atoms with Gasteiger partial charge in [0.05, 0.1) is 17.4 Å². The van der Waals surface area contributed by atoms with E-state index in [-0.39, 0.29) is 41.9 Å². The van der Waals surface area contributed by atoms with Gasteiger partial charge >= 0.3 is 0 Å². The van der Waals surface area contributed by atoms with Crippen molar-refractivity contribution in [3.8, 4) is 0 Å². The predicted octanol–water partition coefficient (Wildman–Crippen LogP) is -0.302. The number of amides is 1. The molecule has 2 rings (SSSR count). The lowest BCUT2D eigenvalue weighted by Crippen LogP contribution is -2.42. The average molecular weight is 261 g/mol. The quantitative estimate of drug-likeness (QED) is 0.730. The number of nitrogens with one attached hydrogen (secondary N) is 1. The van der Waals surface area contributed by atoms with E-state index in [0.717, 1.165) is 19.3 Å². The number of aliphatic hydroxyl groups excluding tert-OH is 1. The summed E-state index contributed by atoms with van der Waals surface area (Å²) in [6.45, 7) is 0.0912. The number of carbonyl (C=O) groups excluding carboxylic acids is 1. The highest BCUT2D eigenvalue weighted by atomic mass is 32.2. The van der Waals surface area contributed by atoms with Gasteiger partial charge < -0.3 is 10.4 Å². The van der Waals surface area contributed by atoms with Gasteiger partial charge in [0, 0.05) is 18.6 Å². The standard InChI is InChI=1S/C11H19NO4S/c13-6-8-2-1-3-10(8)12-11(14)9-4-5-17(15,16)7-9/h8-10,13H,1-7H2,(H,12,14). The van der Waals surface area contributed by atoms with Crippen LogP contribution in [-0.4, -0.2) is 43.6 Å². The third-order valence-corrected chi connectivity index (χ3v) is 5.59. The van der Waals surface area contributed by atoms with Crippen LogP contribution in [0, 0.1) is 11.8 Å². The molecule has 1 heterocycles. The van der Waals surface area contributed by atoms with Crippen molar-refractivity contribution in [2.45, 2.75) is 31.7 Å². The highest BCUT2D eigenvalue weighted by Crippen LogP contribution is 2.26. The second-order valence-electron chi connectivity index (χ2n) is 5.09. The Bertz CT molecular complexity index is 392. The Kier molecular flexibility index (Phi) is 3.73. The van der Waals surface area contributed by atoms with Crippen LogP contribution >= 0.6 is 0 Å². The minimum Gasteiger partial charge on any atom is -0.396 e. The molecule has 1 saturated carbocycles. The van der Waals surface area contributed by atoms with E-state index in [2.05, 4.69) is 5.32 Å². The van der Waals surface area contributed by atoms with Crippen LogP contribution in [0.25, 0.3) is 0 Å². The fourth-order valence-electron chi connectivity index (χ4n) is 2.75. The van der Waals surface area contributed by atoms with Gasteiger partial charge in [-0.25, -0.2) is 8.42 Å². The van der Waals surface area contributed by atoms with Crippen molar-refractivity contribution in [3.63, 3.8) is 0 Å². The van der Waals surface area contributed by atoms with Gasteiger partial charge in [-0.05, 0) is 19.3 Å². The van der Waals surface area contributed by atoms with Gasteiger partial charge in [0.1, 0.15) is 0 Å². The first kappa shape index (κ1) is 12.8. The van der Waals surface area contributed by atoms with Crippen molar-refractivity contribution in [1.29, 1.82) is 0 Å². The smallest absolute Gasteiger partial charge is 0.224 e. The van der Waals surface area contributed by atoms with Gasteiger partial charge in [-0.2, -0.15) is 0 Å². The third kappa shape index (κ3) is 2.98. The van der Waals surface area contributed by atoms with Crippen LogP contribution in [-0.2, 0) is 14.6 Å². The summed E-state index contributed by atoms with van der Waals surface area (Å²) in [4.78, 5) is 11.9. The number of carbonyl (C=O) groups is 1. The molecular weight excluding hydrogens is 242 g/mol. The minimum atomic E-state index is -3.00. The first-order valence-corrected chi connectivity index (χ1v) is 7.95. The van der Waals surface area contributed by atoms with Crippen molar-refractivity contribution in [2.24, 2.45) is 11.8 Å². The number of aliphatic hydroxyl groups is 1. The van der Waals surface area contributed by atoms with E-state index < -0.39 is 9.84 Å². The van der Waals surface area contributed by atoms with Crippen molar-refractivity contribution in [1.82, 2.24) is 5.32 Å². The highest BCUT2D eigenvalue weighted by molar-refractivity contribution is 7.91. The Morgan fingerprint density at radius 3 is 2.65 bits per heavy atom. The van der Waals surface area contributed by atoms with Crippen molar-refractivity contribution in [3.05, 3.63) is 0 Å². The molecule has 1 amide bonds. The molecule has 0 aromatic rings. The Labute approximate surface area is 102 Å². The van der Waals surface area contributed by atoms with E-state index in [9.17, 15) is 13.2 Å². The molecule has 1 aliphatic carbocycles. The molecule has 0 spiro atoms. The Morgan fingerprint density at radius 2 is 2.06 bits per heavy atom. The summed E-state index contributed by atoms with van der Waals surface area (Å²) in [5.74, 6) is -0.303. The molecule has 17 heavy (non-hydrogen) atoms. The van der Waals surface area contributed by atoms with Crippen LogP contribution in [0.4, 0.5) is 0 Å². The molecule has 1 saturated heterocycles. The number of hydrogen-bond acceptors (Lipinski definition) is 4. The molecular formula is C11H19NO4S. The van der Waals surface area contributed by atoms with E-state index in [0.29, 0.717) is 6.42 Å². The van der Waals surface area contributed by atoms with Crippen molar-refractivity contribution in [2.75, 3.05) is 18.1 Å². The molecule has 2 aliphatic rings.